The molecule has 2 heterocycles. The zero-order valence-corrected chi connectivity index (χ0v) is 10.9. The Bertz CT molecular complexity index is 703. The summed E-state index contributed by atoms with van der Waals surface area (Å²) in [6, 6.07) is 9.77. The van der Waals surface area contributed by atoms with Gasteiger partial charge in [0.15, 0.2) is 18.2 Å². The smallest absolute Gasteiger partial charge is 0.334 e. The normalized spacial score (nSPS) is 13.3. The number of nitrogens with one attached hydrogen (secondary N) is 1. The van der Waals surface area contributed by atoms with Crippen LogP contribution in [-0.4, -0.2) is 23.5 Å². The highest BCUT2D eigenvalue weighted by Crippen LogP contribution is 2.31. The number of anilines is 3. The summed E-state index contributed by atoms with van der Waals surface area (Å²) in [6.07, 6.45) is 1.36. The van der Waals surface area contributed by atoms with Crippen molar-refractivity contribution >= 4 is 29.1 Å². The number of nitrogen functional groups attached to an aromatic ring is 1. The van der Waals surface area contributed by atoms with E-state index in [2.05, 4.69) is 10.3 Å². The van der Waals surface area contributed by atoms with Crippen LogP contribution in [0.3, 0.4) is 0 Å². The number of amides is 3. The lowest BCUT2D eigenvalue weighted by Crippen LogP contribution is -2.45. The average molecular weight is 284 g/mol. The van der Waals surface area contributed by atoms with Gasteiger partial charge in [-0.3, -0.25) is 4.79 Å². The first-order chi connectivity index (χ1) is 10.1. The molecule has 0 saturated carbocycles. The zero-order chi connectivity index (χ0) is 14.8. The second kappa shape index (κ2) is 5.12. The molecule has 7 heteroatoms. The van der Waals surface area contributed by atoms with Gasteiger partial charge in [0.25, 0.3) is 5.91 Å². The molecule has 0 aliphatic carbocycles. The second-order valence-corrected chi connectivity index (χ2v) is 4.40. The molecule has 0 spiro atoms. The molecule has 0 bridgehead atoms. The predicted octanol–water partition coefficient (Wildman–Crippen LogP) is 1.62. The summed E-state index contributed by atoms with van der Waals surface area (Å²) in [7, 11) is 0. The Morgan fingerprint density at radius 1 is 1.33 bits per heavy atom. The lowest BCUT2D eigenvalue weighted by atomic mass is 10.3. The van der Waals surface area contributed by atoms with E-state index >= 15 is 0 Å². The van der Waals surface area contributed by atoms with Gasteiger partial charge in [0.05, 0.1) is 11.9 Å². The molecule has 106 valence electrons. The van der Waals surface area contributed by atoms with Gasteiger partial charge >= 0.3 is 6.03 Å². The van der Waals surface area contributed by atoms with Crippen molar-refractivity contribution in [1.82, 2.24) is 4.98 Å². The van der Waals surface area contributed by atoms with E-state index in [1.54, 1.807) is 24.3 Å². The highest BCUT2D eigenvalue weighted by molar-refractivity contribution is 6.19. The summed E-state index contributed by atoms with van der Waals surface area (Å²) >= 11 is 0. The molecular weight excluding hydrogens is 272 g/mol. The van der Waals surface area contributed by atoms with E-state index in [1.165, 1.54) is 12.3 Å². The zero-order valence-electron chi connectivity index (χ0n) is 10.9. The number of hydrogen-bond donors (Lipinski definition) is 2. The number of pyridine rings is 1. The lowest BCUT2D eigenvalue weighted by molar-refractivity contribution is -0.120. The Balaban J connectivity index is 1.91. The molecule has 7 nitrogen and oxygen atoms in total. The number of carbonyl (C=O) groups is 2. The number of benzene rings is 1. The summed E-state index contributed by atoms with van der Waals surface area (Å²) < 4.78 is 5.23. The summed E-state index contributed by atoms with van der Waals surface area (Å²) in [5.41, 5.74) is 6.59. The number of aromatic nitrogens is 1. The van der Waals surface area contributed by atoms with Gasteiger partial charge in [-0.2, -0.15) is 0 Å². The largest absolute Gasteiger partial charge is 0.480 e. The lowest BCUT2D eigenvalue weighted by Gasteiger charge is -2.26. The fourth-order valence-electron chi connectivity index (χ4n) is 1.96. The quantitative estimate of drug-likeness (QED) is 0.829. The number of imide groups is 1. The monoisotopic (exact) mass is 284 g/mol. The van der Waals surface area contributed by atoms with E-state index in [-0.39, 0.29) is 12.4 Å². The summed E-state index contributed by atoms with van der Waals surface area (Å²) in [5, 5.41) is 2.64. The minimum absolute atomic E-state index is 0.133. The van der Waals surface area contributed by atoms with E-state index < -0.39 is 11.9 Å². The Hall–Kier alpha value is -3.09. The first kappa shape index (κ1) is 12.9. The van der Waals surface area contributed by atoms with Crippen LogP contribution in [-0.2, 0) is 4.79 Å². The van der Waals surface area contributed by atoms with Crippen molar-refractivity contribution in [3.05, 3.63) is 42.6 Å². The molecule has 0 atom stereocenters. The molecule has 1 aliphatic rings. The molecular formula is C14H12N4O3. The maximum absolute atomic E-state index is 12.3. The molecule has 0 unspecified atom stereocenters. The number of fused-ring (bicyclic) bond motifs is 1. The first-order valence-electron chi connectivity index (χ1n) is 6.22. The van der Waals surface area contributed by atoms with E-state index in [0.717, 1.165) is 4.90 Å². The number of hydrogen-bond acceptors (Lipinski definition) is 5. The van der Waals surface area contributed by atoms with Crippen LogP contribution in [0.25, 0.3) is 0 Å². The van der Waals surface area contributed by atoms with Crippen LogP contribution in [0.5, 0.6) is 5.75 Å². The van der Waals surface area contributed by atoms with E-state index in [4.69, 9.17) is 10.5 Å². The van der Waals surface area contributed by atoms with Gasteiger partial charge in [-0.25, -0.2) is 14.7 Å². The van der Waals surface area contributed by atoms with Crippen molar-refractivity contribution in [2.24, 2.45) is 0 Å². The Morgan fingerprint density at radius 2 is 2.10 bits per heavy atom. The molecule has 1 aromatic carbocycles. The summed E-state index contributed by atoms with van der Waals surface area (Å²) in [5.74, 6) is -0.0557. The van der Waals surface area contributed by atoms with Crippen molar-refractivity contribution in [3.8, 4) is 5.75 Å². The third-order valence-corrected chi connectivity index (χ3v) is 2.89. The van der Waals surface area contributed by atoms with E-state index in [9.17, 15) is 9.59 Å². The van der Waals surface area contributed by atoms with Crippen molar-refractivity contribution < 1.29 is 14.3 Å². The molecule has 1 aliphatic heterocycles. The number of nitrogens with two attached hydrogens (primary N) is 1. The van der Waals surface area contributed by atoms with E-state index in [1.807, 2.05) is 6.07 Å². The highest BCUT2D eigenvalue weighted by Gasteiger charge is 2.32. The van der Waals surface area contributed by atoms with Crippen LogP contribution in [0, 0.1) is 0 Å². The number of para-hydroxylation sites is 1. The molecule has 2 aromatic rings. The van der Waals surface area contributed by atoms with Gasteiger partial charge in [-0.15, -0.1) is 0 Å². The fraction of sp³-hybridized carbons (Fsp3) is 0.0714. The molecule has 3 N–H and O–H groups in total. The topological polar surface area (TPSA) is 97.6 Å². The Morgan fingerprint density at radius 3 is 2.86 bits per heavy atom. The summed E-state index contributed by atoms with van der Waals surface area (Å²) in [4.78, 5) is 29.2. The number of carbonyl (C=O) groups excluding carboxylic acids is 2. The minimum atomic E-state index is -0.590. The molecule has 0 fully saturated rings. The van der Waals surface area contributed by atoms with Gasteiger partial charge in [0.2, 0.25) is 0 Å². The van der Waals surface area contributed by atoms with Crippen molar-refractivity contribution in [1.29, 1.82) is 0 Å². The van der Waals surface area contributed by atoms with Gasteiger partial charge in [0, 0.05) is 11.8 Å². The third kappa shape index (κ3) is 2.48. The predicted molar refractivity (Wildman–Crippen MR) is 77.1 cm³/mol. The molecule has 0 radical (unpaired) electrons. The van der Waals surface area contributed by atoms with Crippen LogP contribution < -0.4 is 20.7 Å². The van der Waals surface area contributed by atoms with Gasteiger partial charge in [0.1, 0.15) is 0 Å². The van der Waals surface area contributed by atoms with Crippen LogP contribution in [0.2, 0.25) is 0 Å². The summed E-state index contributed by atoms with van der Waals surface area (Å²) in [6.45, 7) is -0.236. The fourth-order valence-corrected chi connectivity index (χ4v) is 1.96. The SMILES string of the molecule is Nc1cnc2c(c1)OCC(=O)N2C(=O)Nc1ccccc1. The maximum atomic E-state index is 12.3. The number of nitrogens with zero attached hydrogens (tertiary/aromatic N) is 2. The van der Waals surface area contributed by atoms with Gasteiger partial charge in [-0.1, -0.05) is 18.2 Å². The Kier molecular flexibility index (Phi) is 3.15. The van der Waals surface area contributed by atoms with Crippen molar-refractivity contribution in [2.45, 2.75) is 0 Å². The average Bonchev–Trinajstić information content (AvgIpc) is 2.48. The number of ether oxygens (including phenoxy) is 1. The Labute approximate surface area is 120 Å². The van der Waals surface area contributed by atoms with Crippen LogP contribution in [0.4, 0.5) is 22.0 Å². The van der Waals surface area contributed by atoms with Crippen LogP contribution in [0.15, 0.2) is 42.6 Å². The number of urea groups is 1. The first-order valence-corrected chi connectivity index (χ1v) is 6.22. The van der Waals surface area contributed by atoms with Gasteiger partial charge in [-0.05, 0) is 12.1 Å². The molecule has 1 aromatic heterocycles. The van der Waals surface area contributed by atoms with Crippen molar-refractivity contribution in [3.63, 3.8) is 0 Å². The van der Waals surface area contributed by atoms with Gasteiger partial charge < -0.3 is 15.8 Å². The molecule has 3 amide bonds. The molecule has 3 rings (SSSR count). The maximum Gasteiger partial charge on any atom is 0.334 e. The highest BCUT2D eigenvalue weighted by atomic mass is 16.5. The van der Waals surface area contributed by atoms with E-state index in [0.29, 0.717) is 17.1 Å². The third-order valence-electron chi connectivity index (χ3n) is 2.89. The standard InChI is InChI=1S/C14H12N4O3/c15-9-6-11-13(16-7-9)18(12(19)8-21-11)14(20)17-10-4-2-1-3-5-10/h1-7H,8,15H2,(H,17,20). The van der Waals surface area contributed by atoms with Crippen LogP contribution in [0.1, 0.15) is 0 Å². The minimum Gasteiger partial charge on any atom is -0.480 e. The number of rotatable bonds is 1. The molecule has 21 heavy (non-hydrogen) atoms. The van der Waals surface area contributed by atoms with Crippen molar-refractivity contribution in [2.75, 3.05) is 22.6 Å². The van der Waals surface area contributed by atoms with Crippen LogP contribution >= 0.6 is 0 Å². The second-order valence-electron chi connectivity index (χ2n) is 4.40. The molecule has 0 saturated heterocycles.